The quantitative estimate of drug-likeness (QED) is 0.780. The summed E-state index contributed by atoms with van der Waals surface area (Å²) in [6.07, 6.45) is 1.30. The van der Waals surface area contributed by atoms with Crippen LogP contribution >= 0.6 is 0 Å². The van der Waals surface area contributed by atoms with Crippen molar-refractivity contribution in [2.24, 2.45) is 14.1 Å². The first-order valence-electron chi connectivity index (χ1n) is 6.00. The average Bonchev–Trinajstić information content (AvgIpc) is 2.92. The SMILES string of the molecule is Cn1ncc(C(=O)O)c1-c1cc2c(F)cccc2n1C. The summed E-state index contributed by atoms with van der Waals surface area (Å²) < 4.78 is 17.1. The molecule has 2 heterocycles. The van der Waals surface area contributed by atoms with E-state index in [0.29, 0.717) is 22.3 Å². The monoisotopic (exact) mass is 273 g/mol. The Balaban J connectivity index is 2.36. The van der Waals surface area contributed by atoms with Gasteiger partial charge in [-0.05, 0) is 18.2 Å². The number of carboxylic acid groups (broad SMARTS) is 1. The van der Waals surface area contributed by atoms with E-state index in [4.69, 9.17) is 0 Å². The van der Waals surface area contributed by atoms with Gasteiger partial charge in [0.05, 0.1) is 23.1 Å². The van der Waals surface area contributed by atoms with Gasteiger partial charge in [-0.1, -0.05) is 6.07 Å². The fourth-order valence-electron chi connectivity index (χ4n) is 2.45. The number of aromatic nitrogens is 3. The molecule has 1 aromatic carbocycles. The molecule has 0 aliphatic rings. The molecule has 0 amide bonds. The number of hydrogen-bond acceptors (Lipinski definition) is 2. The zero-order valence-corrected chi connectivity index (χ0v) is 11.0. The fraction of sp³-hybridized carbons (Fsp3) is 0.143. The van der Waals surface area contributed by atoms with Crippen LogP contribution in [0.5, 0.6) is 0 Å². The molecule has 3 aromatic rings. The van der Waals surface area contributed by atoms with Gasteiger partial charge < -0.3 is 9.67 Å². The van der Waals surface area contributed by atoms with Crippen LogP contribution in [0.3, 0.4) is 0 Å². The van der Waals surface area contributed by atoms with Crippen LogP contribution in [-0.2, 0) is 14.1 Å². The fourth-order valence-corrected chi connectivity index (χ4v) is 2.45. The van der Waals surface area contributed by atoms with E-state index in [2.05, 4.69) is 5.10 Å². The zero-order valence-electron chi connectivity index (χ0n) is 11.0. The molecule has 0 unspecified atom stereocenters. The minimum absolute atomic E-state index is 0.0961. The lowest BCUT2D eigenvalue weighted by molar-refractivity contribution is 0.0697. The topological polar surface area (TPSA) is 60.1 Å². The first-order chi connectivity index (χ1) is 9.50. The lowest BCUT2D eigenvalue weighted by atomic mass is 10.2. The first kappa shape index (κ1) is 12.4. The Bertz CT molecular complexity index is 832. The number of benzene rings is 1. The number of aryl methyl sites for hydroxylation is 2. The predicted molar refractivity (Wildman–Crippen MR) is 72.0 cm³/mol. The van der Waals surface area contributed by atoms with Gasteiger partial charge in [-0.15, -0.1) is 0 Å². The van der Waals surface area contributed by atoms with Crippen LogP contribution in [0.4, 0.5) is 4.39 Å². The molecule has 102 valence electrons. The highest BCUT2D eigenvalue weighted by Gasteiger charge is 2.20. The van der Waals surface area contributed by atoms with Gasteiger partial charge in [0.15, 0.2) is 0 Å². The summed E-state index contributed by atoms with van der Waals surface area (Å²) in [5.41, 5.74) is 1.87. The molecule has 1 N–H and O–H groups in total. The van der Waals surface area contributed by atoms with E-state index in [1.165, 1.54) is 16.9 Å². The number of hydrogen-bond donors (Lipinski definition) is 1. The molecular weight excluding hydrogens is 261 g/mol. The van der Waals surface area contributed by atoms with Crippen LogP contribution in [0.2, 0.25) is 0 Å². The maximum absolute atomic E-state index is 13.8. The molecular formula is C14H12FN3O2. The Morgan fingerprint density at radius 2 is 2.10 bits per heavy atom. The smallest absolute Gasteiger partial charge is 0.339 e. The van der Waals surface area contributed by atoms with E-state index in [9.17, 15) is 14.3 Å². The van der Waals surface area contributed by atoms with E-state index in [1.54, 1.807) is 36.9 Å². The summed E-state index contributed by atoms with van der Waals surface area (Å²) in [5, 5.41) is 13.7. The van der Waals surface area contributed by atoms with Crippen LogP contribution in [-0.4, -0.2) is 25.4 Å². The van der Waals surface area contributed by atoms with Crippen molar-refractivity contribution in [2.75, 3.05) is 0 Å². The lowest BCUT2D eigenvalue weighted by Gasteiger charge is -2.06. The Kier molecular flexibility index (Phi) is 2.60. The molecule has 0 aliphatic heterocycles. The van der Waals surface area contributed by atoms with Crippen LogP contribution < -0.4 is 0 Å². The third-order valence-corrected chi connectivity index (χ3v) is 3.45. The molecule has 0 radical (unpaired) electrons. The van der Waals surface area contributed by atoms with Crippen molar-refractivity contribution < 1.29 is 14.3 Å². The highest BCUT2D eigenvalue weighted by molar-refractivity contribution is 5.96. The molecule has 0 atom stereocenters. The molecule has 0 fully saturated rings. The van der Waals surface area contributed by atoms with E-state index in [-0.39, 0.29) is 11.4 Å². The summed E-state index contributed by atoms with van der Waals surface area (Å²) in [5.74, 6) is -1.39. The Hall–Kier alpha value is -2.63. The van der Waals surface area contributed by atoms with Crippen LogP contribution in [0.25, 0.3) is 22.3 Å². The van der Waals surface area contributed by atoms with Gasteiger partial charge in [0.25, 0.3) is 0 Å². The van der Waals surface area contributed by atoms with E-state index in [0.717, 1.165) is 0 Å². The minimum Gasteiger partial charge on any atom is -0.478 e. The van der Waals surface area contributed by atoms with Crippen LogP contribution in [0, 0.1) is 5.82 Å². The second kappa shape index (κ2) is 4.19. The molecule has 0 aliphatic carbocycles. The maximum atomic E-state index is 13.8. The van der Waals surface area contributed by atoms with Crippen molar-refractivity contribution in [3.8, 4) is 11.4 Å². The second-order valence-electron chi connectivity index (χ2n) is 4.60. The normalized spacial score (nSPS) is 11.2. The first-order valence-corrected chi connectivity index (χ1v) is 6.00. The van der Waals surface area contributed by atoms with Gasteiger partial charge in [-0.3, -0.25) is 4.68 Å². The molecule has 2 aromatic heterocycles. The molecule has 20 heavy (non-hydrogen) atoms. The molecule has 6 heteroatoms. The molecule has 0 saturated carbocycles. The van der Waals surface area contributed by atoms with Gasteiger partial charge >= 0.3 is 5.97 Å². The zero-order chi connectivity index (χ0) is 14.4. The van der Waals surface area contributed by atoms with Crippen molar-refractivity contribution in [1.29, 1.82) is 0 Å². The summed E-state index contributed by atoms with van der Waals surface area (Å²) >= 11 is 0. The van der Waals surface area contributed by atoms with E-state index in [1.807, 2.05) is 0 Å². The predicted octanol–water partition coefficient (Wildman–Crippen LogP) is 2.42. The number of fused-ring (bicyclic) bond motifs is 1. The Labute approximate surface area is 113 Å². The molecule has 0 spiro atoms. The third-order valence-electron chi connectivity index (χ3n) is 3.45. The summed E-state index contributed by atoms with van der Waals surface area (Å²) in [7, 11) is 3.44. The maximum Gasteiger partial charge on any atom is 0.339 e. The molecule has 0 saturated heterocycles. The number of carbonyl (C=O) groups is 1. The number of rotatable bonds is 2. The van der Waals surface area contributed by atoms with Crippen LogP contribution in [0.15, 0.2) is 30.5 Å². The molecule has 0 bridgehead atoms. The van der Waals surface area contributed by atoms with Gasteiger partial charge in [-0.2, -0.15) is 5.10 Å². The standard InChI is InChI=1S/C14H12FN3O2/c1-17-11-5-3-4-10(15)8(11)6-12(17)13-9(14(19)20)7-16-18(13)2/h3-7H,1-2H3,(H,19,20). The minimum atomic E-state index is -1.06. The number of carboxylic acids is 1. The van der Waals surface area contributed by atoms with Crippen molar-refractivity contribution >= 4 is 16.9 Å². The highest BCUT2D eigenvalue weighted by atomic mass is 19.1. The van der Waals surface area contributed by atoms with Gasteiger partial charge in [0, 0.05) is 19.5 Å². The Morgan fingerprint density at radius 3 is 2.75 bits per heavy atom. The molecule has 3 rings (SSSR count). The van der Waals surface area contributed by atoms with Gasteiger partial charge in [0.2, 0.25) is 0 Å². The molecule has 5 nitrogen and oxygen atoms in total. The number of halogens is 1. The van der Waals surface area contributed by atoms with Crippen molar-refractivity contribution in [1.82, 2.24) is 14.3 Å². The van der Waals surface area contributed by atoms with Gasteiger partial charge in [-0.25, -0.2) is 9.18 Å². The van der Waals surface area contributed by atoms with Crippen molar-refractivity contribution in [3.05, 3.63) is 41.8 Å². The third kappa shape index (κ3) is 1.61. The number of nitrogens with zero attached hydrogens (tertiary/aromatic N) is 3. The Morgan fingerprint density at radius 1 is 1.35 bits per heavy atom. The van der Waals surface area contributed by atoms with Crippen LogP contribution in [0.1, 0.15) is 10.4 Å². The summed E-state index contributed by atoms with van der Waals surface area (Å²) in [6.45, 7) is 0. The largest absolute Gasteiger partial charge is 0.478 e. The van der Waals surface area contributed by atoms with Crippen molar-refractivity contribution in [3.63, 3.8) is 0 Å². The summed E-state index contributed by atoms with van der Waals surface area (Å²) in [4.78, 5) is 11.3. The van der Waals surface area contributed by atoms with Crippen molar-refractivity contribution in [2.45, 2.75) is 0 Å². The average molecular weight is 273 g/mol. The van der Waals surface area contributed by atoms with E-state index < -0.39 is 5.97 Å². The highest BCUT2D eigenvalue weighted by Crippen LogP contribution is 2.30. The lowest BCUT2D eigenvalue weighted by Crippen LogP contribution is -2.03. The number of aromatic carboxylic acids is 1. The summed E-state index contributed by atoms with van der Waals surface area (Å²) in [6, 6.07) is 6.45. The second-order valence-corrected chi connectivity index (χ2v) is 4.60. The van der Waals surface area contributed by atoms with E-state index >= 15 is 0 Å². The van der Waals surface area contributed by atoms with Gasteiger partial charge in [0.1, 0.15) is 11.4 Å².